The molecule has 150 valence electrons. The van der Waals surface area contributed by atoms with Gasteiger partial charge in [0.1, 0.15) is 0 Å². The molecule has 0 radical (unpaired) electrons. The summed E-state index contributed by atoms with van der Waals surface area (Å²) in [4.78, 5) is 7.33. The highest BCUT2D eigenvalue weighted by Gasteiger charge is 2.33. The molecule has 26 heavy (non-hydrogen) atoms. The van der Waals surface area contributed by atoms with Crippen LogP contribution in [0.2, 0.25) is 0 Å². The summed E-state index contributed by atoms with van der Waals surface area (Å²) in [6.45, 7) is 5.93. The number of nitrogens with one attached hydrogen (secondary N) is 1. The minimum absolute atomic E-state index is 0.00875. The molecule has 0 spiro atoms. The molecule has 0 aromatic carbocycles. The predicted octanol–water partition coefficient (Wildman–Crippen LogP) is 2.80. The van der Waals surface area contributed by atoms with E-state index in [0.29, 0.717) is 0 Å². The summed E-state index contributed by atoms with van der Waals surface area (Å²) < 4.78 is 0. The third-order valence-corrected chi connectivity index (χ3v) is 10.6. The van der Waals surface area contributed by atoms with Crippen LogP contribution in [0.25, 0.3) is 0 Å². The zero-order valence-electron chi connectivity index (χ0n) is 16.5. The molecule has 0 aromatic heterocycles. The summed E-state index contributed by atoms with van der Waals surface area (Å²) in [5, 5.41) is 14.5. The van der Waals surface area contributed by atoms with Gasteiger partial charge in [0.25, 0.3) is 0 Å². The molecule has 2 aliphatic heterocycles. The maximum absolute atomic E-state index is 11.0. The predicted molar refractivity (Wildman–Crippen MR) is 109 cm³/mol. The first-order chi connectivity index (χ1) is 12.8. The van der Waals surface area contributed by atoms with Crippen molar-refractivity contribution in [1.82, 2.24) is 20.0 Å². The minimum Gasteiger partial charge on any atom is -0.391 e. The molecule has 2 heterocycles. The van der Waals surface area contributed by atoms with E-state index >= 15 is 0 Å². The standard InChI is InChI=1S/C20H39N4OP/c25-18(11-22-15-23-13-21-14-24(16-22)17-23)12-26(19-7-3-1-4-8-19)20-9-5-2-6-10-20/h18-21,25H,1-17H2. The number of nitrogens with zero attached hydrogens (tertiary/aromatic N) is 3. The number of aliphatic hydroxyl groups excluding tert-OH is 1. The van der Waals surface area contributed by atoms with Crippen LogP contribution in [0.5, 0.6) is 0 Å². The average molecular weight is 383 g/mol. The summed E-state index contributed by atoms with van der Waals surface area (Å²) in [5.74, 6) is 0. The van der Waals surface area contributed by atoms with Gasteiger partial charge in [0.05, 0.1) is 39.4 Å². The molecule has 5 nitrogen and oxygen atoms in total. The van der Waals surface area contributed by atoms with Crippen LogP contribution in [-0.2, 0) is 0 Å². The Kier molecular flexibility index (Phi) is 7.23. The molecule has 0 amide bonds. The van der Waals surface area contributed by atoms with E-state index < -0.39 is 0 Å². The van der Waals surface area contributed by atoms with Gasteiger partial charge in [-0.1, -0.05) is 46.4 Å². The van der Waals surface area contributed by atoms with Gasteiger partial charge in [-0.2, -0.15) is 0 Å². The first-order valence-electron chi connectivity index (χ1n) is 11.1. The summed E-state index contributed by atoms with van der Waals surface area (Å²) >= 11 is 0. The Hall–Kier alpha value is 0.230. The Morgan fingerprint density at radius 1 is 0.808 bits per heavy atom. The van der Waals surface area contributed by atoms with Crippen molar-refractivity contribution in [1.29, 1.82) is 0 Å². The fraction of sp³-hybridized carbons (Fsp3) is 1.00. The molecule has 2 bridgehead atoms. The zero-order chi connectivity index (χ0) is 17.8. The average Bonchev–Trinajstić information content (AvgIpc) is 2.67. The summed E-state index contributed by atoms with van der Waals surface area (Å²) in [6, 6.07) is 0. The molecule has 4 fully saturated rings. The van der Waals surface area contributed by atoms with Crippen LogP contribution in [0.1, 0.15) is 64.2 Å². The maximum Gasteiger partial charge on any atom is 0.0707 e. The molecular formula is C20H39N4OP. The molecule has 2 aliphatic carbocycles. The van der Waals surface area contributed by atoms with E-state index in [2.05, 4.69) is 20.0 Å². The zero-order valence-corrected chi connectivity index (χ0v) is 17.4. The van der Waals surface area contributed by atoms with Crippen LogP contribution in [0.4, 0.5) is 0 Å². The van der Waals surface area contributed by atoms with Crippen LogP contribution in [0.15, 0.2) is 0 Å². The van der Waals surface area contributed by atoms with E-state index in [1.54, 1.807) is 0 Å². The number of aliphatic hydroxyl groups is 1. The van der Waals surface area contributed by atoms with Crippen molar-refractivity contribution in [3.05, 3.63) is 0 Å². The van der Waals surface area contributed by atoms with Gasteiger partial charge >= 0.3 is 0 Å². The number of fused-ring (bicyclic) bond motifs is 2. The van der Waals surface area contributed by atoms with Crippen molar-refractivity contribution >= 4 is 7.92 Å². The second kappa shape index (κ2) is 9.62. The molecule has 3 atom stereocenters. The highest BCUT2D eigenvalue weighted by atomic mass is 31.1. The maximum atomic E-state index is 11.0. The van der Waals surface area contributed by atoms with Gasteiger partial charge in [0.15, 0.2) is 0 Å². The molecule has 4 rings (SSSR count). The van der Waals surface area contributed by atoms with Gasteiger partial charge in [-0.3, -0.25) is 20.0 Å². The van der Waals surface area contributed by atoms with Gasteiger partial charge in [0, 0.05) is 6.54 Å². The Labute approximate surface area is 161 Å². The van der Waals surface area contributed by atoms with Gasteiger partial charge in [-0.05, 0) is 43.2 Å². The quantitative estimate of drug-likeness (QED) is 0.692. The first kappa shape index (κ1) is 19.5. The van der Waals surface area contributed by atoms with Crippen LogP contribution in [0, 0.1) is 0 Å². The van der Waals surface area contributed by atoms with Crippen LogP contribution >= 0.6 is 7.92 Å². The highest BCUT2D eigenvalue weighted by Crippen LogP contribution is 2.56. The lowest BCUT2D eigenvalue weighted by molar-refractivity contribution is -0.0767. The van der Waals surface area contributed by atoms with E-state index in [1.807, 2.05) is 0 Å². The van der Waals surface area contributed by atoms with Crippen molar-refractivity contribution < 1.29 is 5.11 Å². The van der Waals surface area contributed by atoms with Crippen molar-refractivity contribution in [2.24, 2.45) is 0 Å². The van der Waals surface area contributed by atoms with Crippen LogP contribution in [0.3, 0.4) is 0 Å². The lowest BCUT2D eigenvalue weighted by Gasteiger charge is -2.46. The third-order valence-electron chi connectivity index (χ3n) is 6.85. The lowest BCUT2D eigenvalue weighted by Crippen LogP contribution is -2.63. The summed E-state index contributed by atoms with van der Waals surface area (Å²) in [7, 11) is 0.00875. The smallest absolute Gasteiger partial charge is 0.0707 e. The van der Waals surface area contributed by atoms with Gasteiger partial charge < -0.3 is 5.11 Å². The van der Waals surface area contributed by atoms with E-state index in [-0.39, 0.29) is 14.0 Å². The highest BCUT2D eigenvalue weighted by molar-refractivity contribution is 7.59. The monoisotopic (exact) mass is 382 g/mol. The lowest BCUT2D eigenvalue weighted by atomic mass is 9.99. The Bertz CT molecular complexity index is 398. The van der Waals surface area contributed by atoms with Crippen molar-refractivity contribution in [2.45, 2.75) is 81.6 Å². The van der Waals surface area contributed by atoms with Gasteiger partial charge in [-0.25, -0.2) is 0 Å². The molecule has 0 aromatic rings. The van der Waals surface area contributed by atoms with Crippen molar-refractivity contribution in [3.63, 3.8) is 0 Å². The fourth-order valence-corrected chi connectivity index (χ4v) is 9.54. The molecule has 2 saturated heterocycles. The van der Waals surface area contributed by atoms with Gasteiger partial charge in [-0.15, -0.1) is 0 Å². The Balaban J connectivity index is 1.33. The molecule has 6 heteroatoms. The van der Waals surface area contributed by atoms with Crippen LogP contribution < -0.4 is 5.32 Å². The largest absolute Gasteiger partial charge is 0.391 e. The molecule has 4 aliphatic rings. The number of hydrogen-bond donors (Lipinski definition) is 2. The van der Waals surface area contributed by atoms with Gasteiger partial charge in [0.2, 0.25) is 0 Å². The van der Waals surface area contributed by atoms with E-state index in [1.165, 1.54) is 64.2 Å². The van der Waals surface area contributed by atoms with Crippen molar-refractivity contribution in [2.75, 3.05) is 46.1 Å². The minimum atomic E-state index is -0.126. The Morgan fingerprint density at radius 3 is 1.88 bits per heavy atom. The molecule has 3 unspecified atom stereocenters. The topological polar surface area (TPSA) is 42.0 Å². The number of β-amino-alcohol motifs (C(OH)–C–C–N with tert-alkyl or cyclic N) is 1. The number of rotatable bonds is 6. The first-order valence-corrected chi connectivity index (χ1v) is 12.8. The SMILES string of the molecule is OC(CN1CN2CNCN(C2)C1)CP(C1CCCCC1)C1CCCCC1. The molecule has 2 saturated carbocycles. The van der Waals surface area contributed by atoms with E-state index in [0.717, 1.165) is 57.4 Å². The third kappa shape index (κ3) is 5.18. The summed E-state index contributed by atoms with van der Waals surface area (Å²) in [6.07, 6.45) is 15.4. The second-order valence-electron chi connectivity index (χ2n) is 9.12. The number of hydrogen-bond acceptors (Lipinski definition) is 5. The second-order valence-corrected chi connectivity index (χ2v) is 12.0. The van der Waals surface area contributed by atoms with E-state index in [4.69, 9.17) is 0 Å². The Morgan fingerprint density at radius 2 is 1.35 bits per heavy atom. The fourth-order valence-electron chi connectivity index (χ4n) is 5.69. The van der Waals surface area contributed by atoms with Crippen molar-refractivity contribution in [3.8, 4) is 0 Å². The summed E-state index contributed by atoms with van der Waals surface area (Å²) in [5.41, 5.74) is 1.91. The van der Waals surface area contributed by atoms with E-state index in [9.17, 15) is 5.11 Å². The molecular weight excluding hydrogens is 343 g/mol. The normalized spacial score (nSPS) is 33.5. The molecule has 2 N–H and O–H groups in total. The van der Waals surface area contributed by atoms with Crippen LogP contribution in [-0.4, -0.2) is 83.3 Å².